The van der Waals surface area contributed by atoms with Crippen LogP contribution >= 0.6 is 0 Å². The van der Waals surface area contributed by atoms with Crippen molar-refractivity contribution < 1.29 is 17.9 Å². The zero-order valence-corrected chi connectivity index (χ0v) is 12.5. The van der Waals surface area contributed by atoms with Gasteiger partial charge in [-0.1, -0.05) is 20.8 Å². The van der Waals surface area contributed by atoms with Gasteiger partial charge in [0, 0.05) is 6.54 Å². The first-order chi connectivity index (χ1) is 9.35. The van der Waals surface area contributed by atoms with Gasteiger partial charge in [0.15, 0.2) is 6.10 Å². The monoisotopic (exact) mass is 298 g/mol. The molecule has 0 aliphatic carbocycles. The van der Waals surface area contributed by atoms with E-state index in [0.29, 0.717) is 18.0 Å². The van der Waals surface area contributed by atoms with E-state index in [1.54, 1.807) is 13.0 Å². The van der Waals surface area contributed by atoms with E-state index >= 15 is 0 Å². The fourth-order valence-electron chi connectivity index (χ4n) is 1.98. The number of rotatable bonds is 4. The molecule has 1 aromatic carbocycles. The maximum Gasteiger partial charge on any atom is 0.265 e. The molecule has 0 bridgehead atoms. The van der Waals surface area contributed by atoms with Crippen LogP contribution in [-0.2, 0) is 14.8 Å². The molecule has 0 aromatic heterocycles. The van der Waals surface area contributed by atoms with E-state index < -0.39 is 16.1 Å². The third-order valence-corrected chi connectivity index (χ3v) is 4.51. The summed E-state index contributed by atoms with van der Waals surface area (Å²) in [7, 11) is -3.55. The maximum absolute atomic E-state index is 11.9. The standard InChI is InChI=1S/C13H18N2O4S/c1-4-14-20(17,18)9-5-6-11-10(7-9)15-13(16)12(19-11)8(2)3/h5-8,12,14H,4H2,1-3H3,(H,15,16). The third-order valence-electron chi connectivity index (χ3n) is 2.97. The Morgan fingerprint density at radius 1 is 1.40 bits per heavy atom. The van der Waals surface area contributed by atoms with E-state index in [-0.39, 0.29) is 16.7 Å². The van der Waals surface area contributed by atoms with Crippen molar-refractivity contribution in [2.75, 3.05) is 11.9 Å². The summed E-state index contributed by atoms with van der Waals surface area (Å²) in [6.07, 6.45) is -0.557. The molecule has 0 radical (unpaired) electrons. The third kappa shape index (κ3) is 2.78. The molecule has 0 fully saturated rings. The highest BCUT2D eigenvalue weighted by molar-refractivity contribution is 7.89. The summed E-state index contributed by atoms with van der Waals surface area (Å²) in [5.41, 5.74) is 0.380. The molecule has 1 atom stereocenters. The zero-order chi connectivity index (χ0) is 14.9. The lowest BCUT2D eigenvalue weighted by atomic mass is 10.0. The summed E-state index contributed by atoms with van der Waals surface area (Å²) in [5, 5.41) is 2.69. The van der Waals surface area contributed by atoms with E-state index in [1.165, 1.54) is 12.1 Å². The molecule has 0 spiro atoms. The minimum atomic E-state index is -3.55. The number of sulfonamides is 1. The molecule has 1 amide bonds. The van der Waals surface area contributed by atoms with Gasteiger partial charge in [-0.15, -0.1) is 0 Å². The number of nitrogens with one attached hydrogen (secondary N) is 2. The molecule has 1 aliphatic heterocycles. The summed E-state index contributed by atoms with van der Waals surface area (Å²) < 4.78 is 31.8. The fourth-order valence-corrected chi connectivity index (χ4v) is 3.05. The Hall–Kier alpha value is -1.60. The van der Waals surface area contributed by atoms with Gasteiger partial charge in [0.1, 0.15) is 5.75 Å². The molecule has 1 unspecified atom stereocenters. The summed E-state index contributed by atoms with van der Waals surface area (Å²) in [6.45, 7) is 5.78. The van der Waals surface area contributed by atoms with Crippen molar-refractivity contribution in [3.05, 3.63) is 18.2 Å². The first kappa shape index (κ1) is 14.8. The van der Waals surface area contributed by atoms with Crippen LogP contribution in [0.3, 0.4) is 0 Å². The van der Waals surface area contributed by atoms with Crippen molar-refractivity contribution in [2.24, 2.45) is 5.92 Å². The first-order valence-corrected chi connectivity index (χ1v) is 7.94. The lowest BCUT2D eigenvalue weighted by molar-refractivity contribution is -0.125. The normalized spacial score (nSPS) is 18.4. The van der Waals surface area contributed by atoms with Crippen LogP contribution in [0.25, 0.3) is 0 Å². The number of anilines is 1. The Balaban J connectivity index is 2.35. The van der Waals surface area contributed by atoms with Crippen LogP contribution in [0.15, 0.2) is 23.1 Å². The molecule has 1 heterocycles. The van der Waals surface area contributed by atoms with E-state index in [9.17, 15) is 13.2 Å². The van der Waals surface area contributed by atoms with Crippen LogP contribution in [0, 0.1) is 5.92 Å². The number of fused-ring (bicyclic) bond motifs is 1. The highest BCUT2D eigenvalue weighted by atomic mass is 32.2. The Morgan fingerprint density at radius 3 is 2.70 bits per heavy atom. The topological polar surface area (TPSA) is 84.5 Å². The molecule has 2 N–H and O–H groups in total. The van der Waals surface area contributed by atoms with Crippen LogP contribution in [0.1, 0.15) is 20.8 Å². The number of carbonyl (C=O) groups excluding carboxylic acids is 1. The lowest BCUT2D eigenvalue weighted by Crippen LogP contribution is -2.40. The minimum Gasteiger partial charge on any atom is -0.478 e. The average molecular weight is 298 g/mol. The van der Waals surface area contributed by atoms with Crippen LogP contribution in [-0.4, -0.2) is 27.0 Å². The van der Waals surface area contributed by atoms with Gasteiger partial charge >= 0.3 is 0 Å². The molecule has 110 valence electrons. The number of ether oxygens (including phenoxy) is 1. The van der Waals surface area contributed by atoms with Gasteiger partial charge in [0.05, 0.1) is 10.6 Å². The largest absolute Gasteiger partial charge is 0.478 e. The summed E-state index contributed by atoms with van der Waals surface area (Å²) >= 11 is 0. The van der Waals surface area contributed by atoms with Crippen LogP contribution < -0.4 is 14.8 Å². The number of hydrogen-bond donors (Lipinski definition) is 2. The van der Waals surface area contributed by atoms with Gasteiger partial charge in [-0.2, -0.15) is 0 Å². The van der Waals surface area contributed by atoms with Gasteiger partial charge in [0.25, 0.3) is 5.91 Å². The number of hydrogen-bond acceptors (Lipinski definition) is 4. The summed E-state index contributed by atoms with van der Waals surface area (Å²) in [6, 6.07) is 4.43. The van der Waals surface area contributed by atoms with Gasteiger partial charge in [-0.25, -0.2) is 13.1 Å². The van der Waals surface area contributed by atoms with Crippen LogP contribution in [0.2, 0.25) is 0 Å². The molecular formula is C13H18N2O4S. The summed E-state index contributed by atoms with van der Waals surface area (Å²) in [4.78, 5) is 12.0. The molecule has 0 saturated heterocycles. The number of amides is 1. The SMILES string of the molecule is CCNS(=O)(=O)c1ccc2c(c1)NC(=O)C(C(C)C)O2. The highest BCUT2D eigenvalue weighted by Crippen LogP contribution is 2.33. The maximum atomic E-state index is 11.9. The predicted octanol–water partition coefficient (Wildman–Crippen LogP) is 1.34. The Morgan fingerprint density at radius 2 is 2.10 bits per heavy atom. The van der Waals surface area contributed by atoms with Crippen molar-refractivity contribution in [3.8, 4) is 5.75 Å². The molecule has 1 aromatic rings. The van der Waals surface area contributed by atoms with Gasteiger partial charge in [-0.3, -0.25) is 4.79 Å². The van der Waals surface area contributed by atoms with Crippen molar-refractivity contribution in [1.82, 2.24) is 4.72 Å². The quantitative estimate of drug-likeness (QED) is 0.878. The average Bonchev–Trinajstić information content (AvgIpc) is 2.36. The second kappa shape index (κ2) is 5.41. The van der Waals surface area contributed by atoms with Crippen molar-refractivity contribution in [2.45, 2.75) is 31.8 Å². The highest BCUT2D eigenvalue weighted by Gasteiger charge is 2.31. The molecule has 7 heteroatoms. The van der Waals surface area contributed by atoms with E-state index in [1.807, 2.05) is 13.8 Å². The predicted molar refractivity (Wildman–Crippen MR) is 75.2 cm³/mol. The first-order valence-electron chi connectivity index (χ1n) is 6.46. The number of carbonyl (C=O) groups is 1. The second-order valence-corrected chi connectivity index (χ2v) is 6.70. The Bertz CT molecular complexity index is 625. The van der Waals surface area contributed by atoms with E-state index in [0.717, 1.165) is 0 Å². The zero-order valence-electron chi connectivity index (χ0n) is 11.6. The van der Waals surface area contributed by atoms with E-state index in [2.05, 4.69) is 10.0 Å². The molecule has 2 rings (SSSR count). The van der Waals surface area contributed by atoms with Gasteiger partial charge in [-0.05, 0) is 24.1 Å². The summed E-state index contributed by atoms with van der Waals surface area (Å²) in [5.74, 6) is 0.262. The second-order valence-electron chi connectivity index (χ2n) is 4.93. The minimum absolute atomic E-state index is 0.0355. The lowest BCUT2D eigenvalue weighted by Gasteiger charge is -2.28. The van der Waals surface area contributed by atoms with Crippen LogP contribution in [0.4, 0.5) is 5.69 Å². The Labute approximate surface area is 118 Å². The molecular weight excluding hydrogens is 280 g/mol. The van der Waals surface area contributed by atoms with Gasteiger partial charge in [0.2, 0.25) is 10.0 Å². The Kier molecular flexibility index (Phi) is 4.01. The van der Waals surface area contributed by atoms with Crippen LogP contribution in [0.5, 0.6) is 5.75 Å². The number of benzene rings is 1. The van der Waals surface area contributed by atoms with E-state index in [4.69, 9.17) is 4.74 Å². The smallest absolute Gasteiger partial charge is 0.265 e. The van der Waals surface area contributed by atoms with Crippen molar-refractivity contribution in [3.63, 3.8) is 0 Å². The fraction of sp³-hybridized carbons (Fsp3) is 0.462. The molecule has 1 aliphatic rings. The van der Waals surface area contributed by atoms with Crippen molar-refractivity contribution in [1.29, 1.82) is 0 Å². The molecule has 20 heavy (non-hydrogen) atoms. The molecule has 0 saturated carbocycles. The van der Waals surface area contributed by atoms with Gasteiger partial charge < -0.3 is 10.1 Å². The van der Waals surface area contributed by atoms with Crippen molar-refractivity contribution >= 4 is 21.6 Å². The molecule has 6 nitrogen and oxygen atoms in total.